The van der Waals surface area contributed by atoms with Crippen LogP contribution in [0.2, 0.25) is 0 Å². The van der Waals surface area contributed by atoms with Gasteiger partial charge in [-0.05, 0) is 24.5 Å². The van der Waals surface area contributed by atoms with Crippen molar-refractivity contribution < 1.29 is 9.84 Å². The highest BCUT2D eigenvalue weighted by Crippen LogP contribution is 2.32. The van der Waals surface area contributed by atoms with Crippen molar-refractivity contribution in [1.29, 1.82) is 0 Å². The van der Waals surface area contributed by atoms with Crippen LogP contribution in [-0.2, 0) is 11.2 Å². The number of para-hydroxylation sites is 1. The van der Waals surface area contributed by atoms with Crippen molar-refractivity contribution in [2.24, 2.45) is 0 Å². The fourth-order valence-electron chi connectivity index (χ4n) is 1.89. The fourth-order valence-corrected chi connectivity index (χ4v) is 1.89. The first-order chi connectivity index (χ1) is 6.81. The lowest BCUT2D eigenvalue weighted by molar-refractivity contribution is 0.181. The Morgan fingerprint density at radius 3 is 3.21 bits per heavy atom. The molecule has 0 aromatic heterocycles. The van der Waals surface area contributed by atoms with Gasteiger partial charge in [-0.25, -0.2) is 0 Å². The van der Waals surface area contributed by atoms with Crippen molar-refractivity contribution in [3.05, 3.63) is 23.8 Å². The normalized spacial score (nSPS) is 19.9. The van der Waals surface area contributed by atoms with Crippen molar-refractivity contribution in [3.63, 3.8) is 0 Å². The summed E-state index contributed by atoms with van der Waals surface area (Å²) in [5, 5.41) is 12.9. The first-order valence-corrected chi connectivity index (χ1v) is 4.87. The largest absolute Gasteiger partial charge is 0.506 e. The smallest absolute Gasteiger partial charge is 0.138 e. The van der Waals surface area contributed by atoms with Crippen LogP contribution in [-0.4, -0.2) is 24.9 Å². The van der Waals surface area contributed by atoms with Gasteiger partial charge in [-0.1, -0.05) is 12.1 Å². The van der Waals surface area contributed by atoms with E-state index in [4.69, 9.17) is 4.74 Å². The second-order valence-corrected chi connectivity index (χ2v) is 3.65. The Labute approximate surface area is 83.7 Å². The summed E-state index contributed by atoms with van der Waals surface area (Å²) in [5.41, 5.74) is 2.07. The number of aryl methyl sites for hydroxylation is 1. The summed E-state index contributed by atoms with van der Waals surface area (Å²) in [7, 11) is 1.70. The minimum atomic E-state index is 0.320. The number of phenolic OH excluding ortho intramolecular Hbond substituents is 1. The molecule has 14 heavy (non-hydrogen) atoms. The van der Waals surface area contributed by atoms with Gasteiger partial charge >= 0.3 is 0 Å². The van der Waals surface area contributed by atoms with E-state index in [1.807, 2.05) is 12.1 Å². The standard InChI is InChI=1S/C11H15NO2/c1-14-7-9-6-5-8-3-2-4-10(13)11(8)12-9/h2-4,9,12-13H,5-7H2,1H3. The molecule has 1 aliphatic heterocycles. The van der Waals surface area contributed by atoms with Gasteiger partial charge in [-0.15, -0.1) is 0 Å². The second-order valence-electron chi connectivity index (χ2n) is 3.65. The predicted molar refractivity (Wildman–Crippen MR) is 55.7 cm³/mol. The summed E-state index contributed by atoms with van der Waals surface area (Å²) >= 11 is 0. The van der Waals surface area contributed by atoms with E-state index in [2.05, 4.69) is 5.32 Å². The van der Waals surface area contributed by atoms with E-state index in [9.17, 15) is 5.11 Å². The van der Waals surface area contributed by atoms with Crippen LogP contribution < -0.4 is 5.32 Å². The summed E-state index contributed by atoms with van der Waals surface area (Å²) in [6.45, 7) is 0.688. The lowest BCUT2D eigenvalue weighted by Crippen LogP contribution is -2.29. The number of rotatable bonds is 2. The Bertz CT molecular complexity index is 325. The van der Waals surface area contributed by atoms with Crippen molar-refractivity contribution in [1.82, 2.24) is 0 Å². The highest BCUT2D eigenvalue weighted by Gasteiger charge is 2.19. The molecule has 2 rings (SSSR count). The molecule has 3 nitrogen and oxygen atoms in total. The SMILES string of the molecule is COCC1CCc2cccc(O)c2N1. The van der Waals surface area contributed by atoms with Crippen molar-refractivity contribution in [3.8, 4) is 5.75 Å². The van der Waals surface area contributed by atoms with E-state index >= 15 is 0 Å². The molecule has 1 atom stereocenters. The molecule has 0 saturated carbocycles. The molecule has 0 spiro atoms. The molecule has 0 aliphatic carbocycles. The number of ether oxygens (including phenoxy) is 1. The average Bonchev–Trinajstić information content (AvgIpc) is 2.20. The van der Waals surface area contributed by atoms with Crippen LogP contribution in [0.1, 0.15) is 12.0 Å². The zero-order chi connectivity index (χ0) is 9.97. The zero-order valence-corrected chi connectivity index (χ0v) is 8.29. The summed E-state index contributed by atoms with van der Waals surface area (Å²) in [5.74, 6) is 0.336. The third-order valence-corrected chi connectivity index (χ3v) is 2.61. The quantitative estimate of drug-likeness (QED) is 0.703. The summed E-state index contributed by atoms with van der Waals surface area (Å²) in [6, 6.07) is 5.96. The Morgan fingerprint density at radius 2 is 2.43 bits per heavy atom. The molecule has 1 aliphatic rings. The molecule has 1 heterocycles. The van der Waals surface area contributed by atoms with Gasteiger partial charge in [0.1, 0.15) is 5.75 Å². The van der Waals surface area contributed by atoms with Gasteiger partial charge in [0, 0.05) is 13.2 Å². The number of benzene rings is 1. The van der Waals surface area contributed by atoms with Crippen LogP contribution in [0.4, 0.5) is 5.69 Å². The summed E-state index contributed by atoms with van der Waals surface area (Å²) in [6.07, 6.45) is 2.06. The highest BCUT2D eigenvalue weighted by atomic mass is 16.5. The van der Waals surface area contributed by atoms with Gasteiger partial charge in [0.05, 0.1) is 12.3 Å². The number of phenols is 1. The zero-order valence-electron chi connectivity index (χ0n) is 8.29. The molecule has 0 radical (unpaired) electrons. The van der Waals surface area contributed by atoms with E-state index in [-0.39, 0.29) is 0 Å². The van der Waals surface area contributed by atoms with E-state index in [0.717, 1.165) is 18.5 Å². The number of hydrogen-bond acceptors (Lipinski definition) is 3. The van der Waals surface area contributed by atoms with Gasteiger partial charge in [0.25, 0.3) is 0 Å². The van der Waals surface area contributed by atoms with Gasteiger partial charge in [0.15, 0.2) is 0 Å². The van der Waals surface area contributed by atoms with E-state index in [1.165, 1.54) is 5.56 Å². The minimum absolute atomic E-state index is 0.320. The molecule has 76 valence electrons. The Kier molecular flexibility index (Phi) is 2.59. The molecule has 3 heteroatoms. The molecule has 0 fully saturated rings. The molecule has 0 bridgehead atoms. The molecule has 0 amide bonds. The van der Waals surface area contributed by atoms with E-state index in [0.29, 0.717) is 18.4 Å². The lowest BCUT2D eigenvalue weighted by Gasteiger charge is -2.26. The Morgan fingerprint density at radius 1 is 1.57 bits per heavy atom. The van der Waals surface area contributed by atoms with E-state index in [1.54, 1.807) is 13.2 Å². The number of methoxy groups -OCH3 is 1. The first-order valence-electron chi connectivity index (χ1n) is 4.87. The van der Waals surface area contributed by atoms with Crippen LogP contribution in [0, 0.1) is 0 Å². The Balaban J connectivity index is 2.20. The molecule has 2 N–H and O–H groups in total. The van der Waals surface area contributed by atoms with Crippen LogP contribution >= 0.6 is 0 Å². The van der Waals surface area contributed by atoms with E-state index < -0.39 is 0 Å². The van der Waals surface area contributed by atoms with Gasteiger partial charge in [-0.3, -0.25) is 0 Å². The highest BCUT2D eigenvalue weighted by molar-refractivity contribution is 5.63. The fraction of sp³-hybridized carbons (Fsp3) is 0.455. The second kappa shape index (κ2) is 3.88. The van der Waals surface area contributed by atoms with Gasteiger partial charge in [-0.2, -0.15) is 0 Å². The number of fused-ring (bicyclic) bond motifs is 1. The maximum atomic E-state index is 9.64. The topological polar surface area (TPSA) is 41.5 Å². The Hall–Kier alpha value is -1.22. The maximum Gasteiger partial charge on any atom is 0.138 e. The number of anilines is 1. The maximum absolute atomic E-state index is 9.64. The molecule has 1 aromatic rings. The summed E-state index contributed by atoms with van der Waals surface area (Å²) < 4.78 is 5.09. The molecular weight excluding hydrogens is 178 g/mol. The number of hydrogen-bond donors (Lipinski definition) is 2. The number of nitrogens with one attached hydrogen (secondary N) is 1. The molecule has 1 aromatic carbocycles. The van der Waals surface area contributed by atoms with Crippen LogP contribution in [0.25, 0.3) is 0 Å². The third kappa shape index (κ3) is 1.68. The minimum Gasteiger partial charge on any atom is -0.506 e. The molecule has 1 unspecified atom stereocenters. The monoisotopic (exact) mass is 193 g/mol. The first kappa shape index (κ1) is 9.34. The predicted octanol–water partition coefficient (Wildman–Crippen LogP) is 1.77. The third-order valence-electron chi connectivity index (χ3n) is 2.61. The van der Waals surface area contributed by atoms with Crippen molar-refractivity contribution >= 4 is 5.69 Å². The average molecular weight is 193 g/mol. The number of aromatic hydroxyl groups is 1. The molecular formula is C11H15NO2. The molecule has 0 saturated heterocycles. The van der Waals surface area contributed by atoms with Crippen LogP contribution in [0.5, 0.6) is 5.75 Å². The van der Waals surface area contributed by atoms with Crippen molar-refractivity contribution in [2.45, 2.75) is 18.9 Å². The van der Waals surface area contributed by atoms with Crippen LogP contribution in [0.15, 0.2) is 18.2 Å². The van der Waals surface area contributed by atoms with Crippen LogP contribution in [0.3, 0.4) is 0 Å². The van der Waals surface area contributed by atoms with Crippen molar-refractivity contribution in [2.75, 3.05) is 19.0 Å². The van der Waals surface area contributed by atoms with Gasteiger partial charge < -0.3 is 15.2 Å². The lowest BCUT2D eigenvalue weighted by atomic mass is 9.98. The summed E-state index contributed by atoms with van der Waals surface area (Å²) in [4.78, 5) is 0. The van der Waals surface area contributed by atoms with Gasteiger partial charge in [0.2, 0.25) is 0 Å².